The van der Waals surface area contributed by atoms with Crippen LogP contribution in [-0.4, -0.2) is 50.6 Å². The van der Waals surface area contributed by atoms with Crippen LogP contribution in [0.15, 0.2) is 0 Å². The molecule has 1 fully saturated rings. The van der Waals surface area contributed by atoms with E-state index in [1.165, 1.54) is 25.8 Å². The number of hydrogen-bond acceptors (Lipinski definition) is 2. The summed E-state index contributed by atoms with van der Waals surface area (Å²) in [5.41, 5.74) is 0.504. The van der Waals surface area contributed by atoms with Crippen molar-refractivity contribution in [2.45, 2.75) is 46.1 Å². The summed E-state index contributed by atoms with van der Waals surface area (Å²) in [5, 5.41) is 0. The van der Waals surface area contributed by atoms with E-state index in [2.05, 4.69) is 58.8 Å². The van der Waals surface area contributed by atoms with Crippen LogP contribution in [0.3, 0.4) is 0 Å². The molecular formula is C15H32N2. The minimum Gasteiger partial charge on any atom is -0.309 e. The Morgan fingerprint density at radius 1 is 1.18 bits per heavy atom. The molecule has 0 N–H and O–H groups in total. The summed E-state index contributed by atoms with van der Waals surface area (Å²) in [5.74, 6) is 1.69. The predicted octanol–water partition coefficient (Wildman–Crippen LogP) is 2.94. The van der Waals surface area contributed by atoms with Crippen molar-refractivity contribution in [3.8, 4) is 0 Å². The van der Waals surface area contributed by atoms with Gasteiger partial charge in [-0.15, -0.1) is 0 Å². The largest absolute Gasteiger partial charge is 0.309 e. The van der Waals surface area contributed by atoms with Crippen LogP contribution in [0.1, 0.15) is 40.0 Å². The molecule has 2 nitrogen and oxygen atoms in total. The van der Waals surface area contributed by atoms with E-state index in [-0.39, 0.29) is 0 Å². The fourth-order valence-corrected chi connectivity index (χ4v) is 3.72. The first-order chi connectivity index (χ1) is 7.75. The molecule has 0 radical (unpaired) electrons. The van der Waals surface area contributed by atoms with Crippen molar-refractivity contribution >= 4 is 0 Å². The highest BCUT2D eigenvalue weighted by Gasteiger charge is 2.39. The second-order valence-electron chi connectivity index (χ2n) is 7.23. The molecule has 0 amide bonds. The van der Waals surface area contributed by atoms with E-state index in [0.29, 0.717) is 5.41 Å². The third-order valence-corrected chi connectivity index (χ3v) is 4.49. The van der Waals surface area contributed by atoms with Gasteiger partial charge in [0.05, 0.1) is 0 Å². The Labute approximate surface area is 108 Å². The Hall–Kier alpha value is -0.0800. The highest BCUT2D eigenvalue weighted by Crippen LogP contribution is 2.43. The smallest absolute Gasteiger partial charge is 0.0125 e. The van der Waals surface area contributed by atoms with Crippen LogP contribution < -0.4 is 0 Å². The normalized spacial score (nSPS) is 34.9. The molecule has 17 heavy (non-hydrogen) atoms. The maximum absolute atomic E-state index is 2.47. The average Bonchev–Trinajstić information content (AvgIpc) is 2.14. The molecule has 3 unspecified atom stereocenters. The SMILES string of the molecule is CC(C)C1CCC(C)(CN(C)C)CC1N(C)C. The third-order valence-electron chi connectivity index (χ3n) is 4.49. The summed E-state index contributed by atoms with van der Waals surface area (Å²) >= 11 is 0. The first-order valence-corrected chi connectivity index (χ1v) is 7.06. The molecule has 0 aliphatic heterocycles. The fraction of sp³-hybridized carbons (Fsp3) is 1.00. The van der Waals surface area contributed by atoms with Crippen molar-refractivity contribution in [1.29, 1.82) is 0 Å². The Balaban J connectivity index is 2.74. The van der Waals surface area contributed by atoms with Gasteiger partial charge in [0.1, 0.15) is 0 Å². The third kappa shape index (κ3) is 3.96. The van der Waals surface area contributed by atoms with E-state index in [1.54, 1.807) is 0 Å². The molecule has 102 valence electrons. The first kappa shape index (κ1) is 15.0. The van der Waals surface area contributed by atoms with E-state index < -0.39 is 0 Å². The van der Waals surface area contributed by atoms with Crippen LogP contribution in [0.4, 0.5) is 0 Å². The van der Waals surface area contributed by atoms with E-state index in [0.717, 1.165) is 17.9 Å². The topological polar surface area (TPSA) is 6.48 Å². The number of hydrogen-bond donors (Lipinski definition) is 0. The number of nitrogens with zero attached hydrogens (tertiary/aromatic N) is 2. The van der Waals surface area contributed by atoms with Crippen LogP contribution in [0.2, 0.25) is 0 Å². The molecule has 2 heteroatoms. The van der Waals surface area contributed by atoms with E-state index >= 15 is 0 Å². The molecule has 0 saturated heterocycles. The Morgan fingerprint density at radius 3 is 2.18 bits per heavy atom. The van der Waals surface area contributed by atoms with Crippen molar-refractivity contribution in [2.24, 2.45) is 17.3 Å². The van der Waals surface area contributed by atoms with E-state index in [4.69, 9.17) is 0 Å². The van der Waals surface area contributed by atoms with Gasteiger partial charge < -0.3 is 9.80 Å². The summed E-state index contributed by atoms with van der Waals surface area (Å²) in [7, 11) is 8.90. The lowest BCUT2D eigenvalue weighted by molar-refractivity contribution is 0.0318. The molecule has 1 saturated carbocycles. The molecule has 1 aliphatic rings. The van der Waals surface area contributed by atoms with Crippen LogP contribution in [0.25, 0.3) is 0 Å². The molecule has 0 aromatic heterocycles. The summed E-state index contributed by atoms with van der Waals surface area (Å²) in [6.07, 6.45) is 4.13. The molecule has 1 aliphatic carbocycles. The molecule has 0 bridgehead atoms. The van der Waals surface area contributed by atoms with Crippen LogP contribution in [0, 0.1) is 17.3 Å². The lowest BCUT2D eigenvalue weighted by Crippen LogP contribution is -2.48. The molecule has 1 rings (SSSR count). The van der Waals surface area contributed by atoms with Crippen molar-refractivity contribution in [3.05, 3.63) is 0 Å². The van der Waals surface area contributed by atoms with Gasteiger partial charge in [-0.2, -0.15) is 0 Å². The highest BCUT2D eigenvalue weighted by atomic mass is 15.1. The minimum atomic E-state index is 0.504. The van der Waals surface area contributed by atoms with Crippen LogP contribution in [0.5, 0.6) is 0 Å². The van der Waals surface area contributed by atoms with Crippen LogP contribution in [-0.2, 0) is 0 Å². The second kappa shape index (κ2) is 5.71. The Morgan fingerprint density at radius 2 is 1.76 bits per heavy atom. The van der Waals surface area contributed by atoms with Gasteiger partial charge in [0, 0.05) is 12.6 Å². The van der Waals surface area contributed by atoms with Gasteiger partial charge in [-0.25, -0.2) is 0 Å². The van der Waals surface area contributed by atoms with Gasteiger partial charge in [-0.3, -0.25) is 0 Å². The zero-order valence-electron chi connectivity index (χ0n) is 13.0. The maximum atomic E-state index is 2.47. The van der Waals surface area contributed by atoms with Gasteiger partial charge in [0.25, 0.3) is 0 Å². The van der Waals surface area contributed by atoms with Crippen LogP contribution >= 0.6 is 0 Å². The van der Waals surface area contributed by atoms with E-state index in [1.807, 2.05) is 0 Å². The van der Waals surface area contributed by atoms with E-state index in [9.17, 15) is 0 Å². The van der Waals surface area contributed by atoms with Gasteiger partial charge in [0.15, 0.2) is 0 Å². The quantitative estimate of drug-likeness (QED) is 0.745. The summed E-state index contributed by atoms with van der Waals surface area (Å²) < 4.78 is 0. The summed E-state index contributed by atoms with van der Waals surface area (Å²) in [6, 6.07) is 0.758. The molecule has 0 spiro atoms. The van der Waals surface area contributed by atoms with Crippen molar-refractivity contribution in [3.63, 3.8) is 0 Å². The lowest BCUT2D eigenvalue weighted by atomic mass is 9.66. The molecular weight excluding hydrogens is 208 g/mol. The zero-order valence-corrected chi connectivity index (χ0v) is 13.0. The molecule has 3 atom stereocenters. The number of rotatable bonds is 4. The maximum Gasteiger partial charge on any atom is 0.0125 e. The summed E-state index contributed by atoms with van der Waals surface area (Å²) in [4.78, 5) is 4.81. The van der Waals surface area contributed by atoms with Gasteiger partial charge >= 0.3 is 0 Å². The Kier molecular flexibility index (Phi) is 5.03. The molecule has 0 heterocycles. The lowest BCUT2D eigenvalue weighted by Gasteiger charge is -2.47. The monoisotopic (exact) mass is 240 g/mol. The van der Waals surface area contributed by atoms with Crippen molar-refractivity contribution in [2.75, 3.05) is 34.7 Å². The molecule has 0 aromatic rings. The van der Waals surface area contributed by atoms with Crippen molar-refractivity contribution < 1.29 is 0 Å². The van der Waals surface area contributed by atoms with Gasteiger partial charge in [-0.1, -0.05) is 20.8 Å². The summed E-state index contributed by atoms with van der Waals surface area (Å²) in [6.45, 7) is 8.47. The predicted molar refractivity (Wildman–Crippen MR) is 76.3 cm³/mol. The second-order valence-corrected chi connectivity index (χ2v) is 7.23. The first-order valence-electron chi connectivity index (χ1n) is 7.06. The minimum absolute atomic E-state index is 0.504. The van der Waals surface area contributed by atoms with Crippen molar-refractivity contribution in [1.82, 2.24) is 9.80 Å². The highest BCUT2D eigenvalue weighted by molar-refractivity contribution is 4.93. The Bertz CT molecular complexity index is 235. The van der Waals surface area contributed by atoms with Gasteiger partial charge in [-0.05, 0) is 64.7 Å². The molecule has 0 aromatic carbocycles. The van der Waals surface area contributed by atoms with Gasteiger partial charge in [0.2, 0.25) is 0 Å². The zero-order chi connectivity index (χ0) is 13.2. The fourth-order valence-electron chi connectivity index (χ4n) is 3.72. The standard InChI is InChI=1S/C15H32N2/c1-12(2)13-8-9-15(3,11-16(4)5)10-14(13)17(6)7/h12-14H,8-11H2,1-7H3. The average molecular weight is 240 g/mol.